The summed E-state index contributed by atoms with van der Waals surface area (Å²) < 4.78 is 13.3. The summed E-state index contributed by atoms with van der Waals surface area (Å²) in [5, 5.41) is 3.94. The molecule has 4 rings (SSSR count). The van der Waals surface area contributed by atoms with Gasteiger partial charge in [-0.25, -0.2) is 19.8 Å². The van der Waals surface area contributed by atoms with Crippen LogP contribution in [0, 0.1) is 5.82 Å². The average Bonchev–Trinajstić information content (AvgIpc) is 2.80. The number of nitrogens with one attached hydrogen (secondary N) is 1. The van der Waals surface area contributed by atoms with Gasteiger partial charge in [-0.15, -0.1) is 0 Å². The number of aromatic nitrogens is 2. The Kier molecular flexibility index (Phi) is 6.08. The third kappa shape index (κ3) is 4.86. The molecule has 7 heteroatoms. The molecule has 0 radical (unpaired) electrons. The van der Waals surface area contributed by atoms with Crippen LogP contribution in [-0.4, -0.2) is 35.2 Å². The van der Waals surface area contributed by atoms with Gasteiger partial charge in [0.1, 0.15) is 11.5 Å². The molecule has 0 spiro atoms. The molecule has 3 aromatic rings. The number of hydrogen-bond acceptors (Lipinski definition) is 5. The predicted octanol–water partition coefficient (Wildman–Crippen LogP) is 4.04. The zero-order valence-corrected chi connectivity index (χ0v) is 16.5. The van der Waals surface area contributed by atoms with E-state index >= 15 is 0 Å². The normalized spacial score (nSPS) is 14.1. The Hall–Kier alpha value is -3.61. The Balaban J connectivity index is 1.59. The molecule has 6 nitrogen and oxygen atoms in total. The van der Waals surface area contributed by atoms with E-state index in [1.165, 1.54) is 24.8 Å². The van der Waals surface area contributed by atoms with Gasteiger partial charge in [-0.05, 0) is 43.0 Å². The Bertz CT molecular complexity index is 1050. The predicted molar refractivity (Wildman–Crippen MR) is 115 cm³/mol. The van der Waals surface area contributed by atoms with Crippen molar-refractivity contribution in [1.29, 1.82) is 0 Å². The van der Waals surface area contributed by atoms with Crippen molar-refractivity contribution in [3.05, 3.63) is 77.7 Å². The molecule has 2 heterocycles. The summed E-state index contributed by atoms with van der Waals surface area (Å²) in [6, 6.07) is 17.3. The van der Waals surface area contributed by atoms with E-state index in [4.69, 9.17) is 4.98 Å². The third-order valence-corrected chi connectivity index (χ3v) is 4.88. The van der Waals surface area contributed by atoms with Crippen molar-refractivity contribution < 1.29 is 9.18 Å². The lowest BCUT2D eigenvalue weighted by molar-refractivity contribution is 0.0950. The van der Waals surface area contributed by atoms with E-state index in [0.717, 1.165) is 31.5 Å². The smallest absolute Gasteiger partial charge is 0.290 e. The van der Waals surface area contributed by atoms with Gasteiger partial charge in [0.2, 0.25) is 5.95 Å². The number of carbonyl (C=O) groups excluding carboxylic acids is 1. The van der Waals surface area contributed by atoms with E-state index in [0.29, 0.717) is 17.2 Å². The molecular formula is C23H22FN5O. The molecule has 1 aliphatic heterocycles. The van der Waals surface area contributed by atoms with Gasteiger partial charge < -0.3 is 4.90 Å². The molecule has 1 fully saturated rings. The van der Waals surface area contributed by atoms with E-state index in [1.54, 1.807) is 18.2 Å². The number of anilines is 1. The Morgan fingerprint density at radius 1 is 1.00 bits per heavy atom. The van der Waals surface area contributed by atoms with Crippen LogP contribution in [0.15, 0.2) is 65.8 Å². The second-order valence-corrected chi connectivity index (χ2v) is 7.11. The Labute approximate surface area is 174 Å². The Morgan fingerprint density at radius 3 is 2.57 bits per heavy atom. The average molecular weight is 403 g/mol. The first-order chi connectivity index (χ1) is 14.7. The first kappa shape index (κ1) is 19.7. The summed E-state index contributed by atoms with van der Waals surface area (Å²) >= 11 is 0. The minimum atomic E-state index is -0.444. The lowest BCUT2D eigenvalue weighted by Gasteiger charge is -2.27. The molecular weight excluding hydrogens is 381 g/mol. The van der Waals surface area contributed by atoms with E-state index in [9.17, 15) is 9.18 Å². The van der Waals surface area contributed by atoms with Crippen molar-refractivity contribution in [2.45, 2.75) is 19.3 Å². The van der Waals surface area contributed by atoms with Crippen LogP contribution in [0.4, 0.5) is 10.3 Å². The summed E-state index contributed by atoms with van der Waals surface area (Å²) in [5.41, 5.74) is 4.86. The molecule has 1 aromatic heterocycles. The number of hydrazone groups is 1. The molecule has 0 unspecified atom stereocenters. The van der Waals surface area contributed by atoms with Crippen LogP contribution in [0.5, 0.6) is 0 Å². The number of benzene rings is 2. The zero-order chi connectivity index (χ0) is 20.8. The van der Waals surface area contributed by atoms with Crippen molar-refractivity contribution in [2.24, 2.45) is 5.10 Å². The first-order valence-corrected chi connectivity index (χ1v) is 9.97. The largest absolute Gasteiger partial charge is 0.341 e. The first-order valence-electron chi connectivity index (χ1n) is 9.97. The summed E-state index contributed by atoms with van der Waals surface area (Å²) in [7, 11) is 0. The molecule has 1 N–H and O–H groups in total. The molecule has 1 saturated heterocycles. The van der Waals surface area contributed by atoms with Crippen molar-refractivity contribution in [1.82, 2.24) is 15.4 Å². The highest BCUT2D eigenvalue weighted by atomic mass is 19.1. The third-order valence-electron chi connectivity index (χ3n) is 4.88. The molecule has 1 aliphatic rings. The maximum Gasteiger partial charge on any atom is 0.290 e. The van der Waals surface area contributed by atoms with Crippen LogP contribution < -0.4 is 10.3 Å². The second kappa shape index (κ2) is 9.26. The number of rotatable bonds is 5. The minimum absolute atomic E-state index is 0.237. The number of amides is 1. The van der Waals surface area contributed by atoms with Gasteiger partial charge in [-0.2, -0.15) is 5.10 Å². The quantitative estimate of drug-likeness (QED) is 0.516. The van der Waals surface area contributed by atoms with Crippen LogP contribution in [0.1, 0.15) is 35.3 Å². The molecule has 1 amide bonds. The van der Waals surface area contributed by atoms with Crippen LogP contribution >= 0.6 is 0 Å². The topological polar surface area (TPSA) is 70.5 Å². The fourth-order valence-corrected chi connectivity index (χ4v) is 3.35. The van der Waals surface area contributed by atoms with Gasteiger partial charge in [0.15, 0.2) is 0 Å². The molecule has 30 heavy (non-hydrogen) atoms. The van der Waals surface area contributed by atoms with Crippen LogP contribution in [0.3, 0.4) is 0 Å². The zero-order valence-electron chi connectivity index (χ0n) is 16.5. The summed E-state index contributed by atoms with van der Waals surface area (Å²) in [4.78, 5) is 24.0. The Morgan fingerprint density at radius 2 is 1.80 bits per heavy atom. The number of halogens is 1. The lowest BCUT2D eigenvalue weighted by atomic mass is 10.1. The lowest BCUT2D eigenvalue weighted by Crippen LogP contribution is -2.32. The highest BCUT2D eigenvalue weighted by Gasteiger charge is 2.18. The highest BCUT2D eigenvalue weighted by Crippen LogP contribution is 2.22. The summed E-state index contributed by atoms with van der Waals surface area (Å²) in [6.45, 7) is 1.74. The molecule has 0 bridgehead atoms. The number of carbonyl (C=O) groups is 1. The monoisotopic (exact) mass is 403 g/mol. The van der Waals surface area contributed by atoms with Gasteiger partial charge in [0, 0.05) is 18.7 Å². The van der Waals surface area contributed by atoms with Crippen LogP contribution in [0.2, 0.25) is 0 Å². The van der Waals surface area contributed by atoms with Crippen LogP contribution in [-0.2, 0) is 0 Å². The van der Waals surface area contributed by atoms with E-state index in [1.807, 2.05) is 30.3 Å². The minimum Gasteiger partial charge on any atom is -0.341 e. The summed E-state index contributed by atoms with van der Waals surface area (Å²) in [6.07, 6.45) is 4.75. The van der Waals surface area contributed by atoms with Gasteiger partial charge in [0.05, 0.1) is 11.9 Å². The van der Waals surface area contributed by atoms with Crippen molar-refractivity contribution in [3.63, 3.8) is 0 Å². The summed E-state index contributed by atoms with van der Waals surface area (Å²) in [5.74, 6) is -0.254. The standard InChI is InChI=1S/C23H22FN5O/c24-19-11-7-8-17(14-19)16-25-28-22(30)21-15-20(18-9-3-1-4-10-18)26-23(27-21)29-12-5-2-6-13-29/h1,3-4,7-11,14-16H,2,5-6,12-13H2,(H,28,30)/b25-16+. The SMILES string of the molecule is O=C(N/N=C/c1cccc(F)c1)c1cc(-c2ccccc2)nc(N2CCCCC2)n1. The van der Waals surface area contributed by atoms with E-state index in [2.05, 4.69) is 20.4 Å². The van der Waals surface area contributed by atoms with E-state index < -0.39 is 5.91 Å². The van der Waals surface area contributed by atoms with E-state index in [-0.39, 0.29) is 11.5 Å². The van der Waals surface area contributed by atoms with Crippen molar-refractivity contribution in [2.75, 3.05) is 18.0 Å². The number of piperidine rings is 1. The van der Waals surface area contributed by atoms with Gasteiger partial charge >= 0.3 is 0 Å². The molecule has 0 aliphatic carbocycles. The maximum absolute atomic E-state index is 13.3. The molecule has 0 atom stereocenters. The fraction of sp³-hybridized carbons (Fsp3) is 0.217. The molecule has 152 valence electrons. The number of hydrogen-bond donors (Lipinski definition) is 1. The van der Waals surface area contributed by atoms with Crippen molar-refractivity contribution in [3.8, 4) is 11.3 Å². The number of nitrogens with zero attached hydrogens (tertiary/aromatic N) is 4. The van der Waals surface area contributed by atoms with Crippen LogP contribution in [0.25, 0.3) is 11.3 Å². The maximum atomic E-state index is 13.3. The second-order valence-electron chi connectivity index (χ2n) is 7.11. The fourth-order valence-electron chi connectivity index (χ4n) is 3.35. The van der Waals surface area contributed by atoms with Crippen molar-refractivity contribution >= 4 is 18.1 Å². The molecule has 0 saturated carbocycles. The highest BCUT2D eigenvalue weighted by molar-refractivity contribution is 5.94. The van der Waals surface area contributed by atoms with Gasteiger partial charge in [-0.3, -0.25) is 4.79 Å². The van der Waals surface area contributed by atoms with Gasteiger partial charge in [0.25, 0.3) is 5.91 Å². The van der Waals surface area contributed by atoms with Gasteiger partial charge in [-0.1, -0.05) is 42.5 Å². The molecule has 2 aromatic carbocycles.